The number of pyridine rings is 1. The fourth-order valence-electron chi connectivity index (χ4n) is 2.23. The van der Waals surface area contributed by atoms with Crippen LogP contribution in [-0.2, 0) is 0 Å². The van der Waals surface area contributed by atoms with Crippen LogP contribution in [0.2, 0.25) is 0 Å². The van der Waals surface area contributed by atoms with E-state index in [0.29, 0.717) is 0 Å². The average Bonchev–Trinajstić information content (AvgIpc) is 2.92. The Kier molecular flexibility index (Phi) is 5.59. The molecule has 8 nitrogen and oxygen atoms in total. The van der Waals surface area contributed by atoms with Gasteiger partial charge in [-0.2, -0.15) is 9.25 Å². The largest absolute Gasteiger partial charge is 0.253 e. The number of halogens is 1. The number of benzene rings is 1. The second kappa shape index (κ2) is 7.44. The van der Waals surface area contributed by atoms with Gasteiger partial charge in [0, 0.05) is 18.6 Å². The third-order valence-electron chi connectivity index (χ3n) is 3.11. The average molecular weight is 339 g/mol. The van der Waals surface area contributed by atoms with Gasteiger partial charge in [-0.3, -0.25) is 0 Å². The first-order valence-corrected chi connectivity index (χ1v) is 8.01. The van der Waals surface area contributed by atoms with Crippen molar-refractivity contribution in [2.75, 3.05) is 0 Å². The standard InChI is InChI=1S/C14H15N4.ClHO4/c1-2-14(17-10-6-3-7-11-17)18-13-9-5-4-8-12(13)15-16-18;2-1(3,4)5/h3-11,14H,2H2,1H3;(H,2,3,4,5)/q+1;/p-1. The number of hydrogen-bond acceptors (Lipinski definition) is 6. The van der Waals surface area contributed by atoms with E-state index >= 15 is 0 Å². The van der Waals surface area contributed by atoms with Crippen molar-refractivity contribution in [1.29, 1.82) is 0 Å². The lowest BCUT2D eigenvalue weighted by Crippen LogP contribution is -2.68. The Balaban J connectivity index is 0.000000338. The molecule has 0 N–H and O–H groups in total. The summed E-state index contributed by atoms with van der Waals surface area (Å²) in [6.45, 7) is 2.15. The molecule has 0 saturated heterocycles. The minimum Gasteiger partial charge on any atom is -0.222 e. The van der Waals surface area contributed by atoms with Crippen LogP contribution in [0.15, 0.2) is 54.9 Å². The first-order chi connectivity index (χ1) is 10.9. The van der Waals surface area contributed by atoms with Crippen LogP contribution in [0.25, 0.3) is 11.0 Å². The first-order valence-electron chi connectivity index (χ1n) is 6.77. The van der Waals surface area contributed by atoms with E-state index in [2.05, 4.69) is 40.3 Å². The summed E-state index contributed by atoms with van der Waals surface area (Å²) in [5.41, 5.74) is 2.01. The smallest absolute Gasteiger partial charge is 0.222 e. The molecule has 0 radical (unpaired) electrons. The Morgan fingerprint density at radius 3 is 2.26 bits per heavy atom. The van der Waals surface area contributed by atoms with E-state index in [1.165, 1.54) is 0 Å². The van der Waals surface area contributed by atoms with Crippen LogP contribution in [0.3, 0.4) is 0 Å². The first kappa shape index (κ1) is 17.3. The van der Waals surface area contributed by atoms with Crippen molar-refractivity contribution in [1.82, 2.24) is 15.0 Å². The van der Waals surface area contributed by atoms with Crippen LogP contribution in [0, 0.1) is 10.2 Å². The van der Waals surface area contributed by atoms with Crippen LogP contribution < -0.4 is 23.2 Å². The summed E-state index contributed by atoms with van der Waals surface area (Å²) in [6, 6.07) is 14.1. The monoisotopic (exact) mass is 338 g/mol. The highest BCUT2D eigenvalue weighted by Gasteiger charge is 2.21. The van der Waals surface area contributed by atoms with Gasteiger partial charge in [-0.05, 0) is 12.1 Å². The normalized spacial score (nSPS) is 12.6. The maximum Gasteiger partial charge on any atom is 0.253 e. The minimum atomic E-state index is -4.94. The Labute approximate surface area is 134 Å². The van der Waals surface area contributed by atoms with E-state index < -0.39 is 10.2 Å². The summed E-state index contributed by atoms with van der Waals surface area (Å²) in [5, 5.41) is 8.50. The number of hydrogen-bond donors (Lipinski definition) is 0. The zero-order valence-electron chi connectivity index (χ0n) is 12.3. The van der Waals surface area contributed by atoms with Gasteiger partial charge in [0.1, 0.15) is 5.52 Å². The molecular weight excluding hydrogens is 324 g/mol. The lowest BCUT2D eigenvalue weighted by atomic mass is 10.3. The van der Waals surface area contributed by atoms with Crippen molar-refractivity contribution in [3.05, 3.63) is 54.9 Å². The highest BCUT2D eigenvalue weighted by atomic mass is 35.7. The Morgan fingerprint density at radius 1 is 1.04 bits per heavy atom. The molecule has 1 aromatic carbocycles. The predicted molar refractivity (Wildman–Crippen MR) is 68.9 cm³/mol. The quantitative estimate of drug-likeness (QED) is 0.483. The summed E-state index contributed by atoms with van der Waals surface area (Å²) in [4.78, 5) is 0. The maximum absolute atomic E-state index is 8.49. The van der Waals surface area contributed by atoms with E-state index in [1.807, 2.05) is 41.1 Å². The number of para-hydroxylation sites is 1. The van der Waals surface area contributed by atoms with Gasteiger partial charge in [0.2, 0.25) is 0 Å². The van der Waals surface area contributed by atoms with Crippen LogP contribution in [0.5, 0.6) is 0 Å². The van der Waals surface area contributed by atoms with Crippen molar-refractivity contribution >= 4 is 11.0 Å². The van der Waals surface area contributed by atoms with E-state index in [0.717, 1.165) is 17.5 Å². The van der Waals surface area contributed by atoms with E-state index in [-0.39, 0.29) is 6.17 Å². The highest BCUT2D eigenvalue weighted by Crippen LogP contribution is 2.15. The molecule has 2 aromatic heterocycles. The van der Waals surface area contributed by atoms with Crippen LogP contribution in [0.4, 0.5) is 0 Å². The van der Waals surface area contributed by atoms with Gasteiger partial charge < -0.3 is 0 Å². The highest BCUT2D eigenvalue weighted by molar-refractivity contribution is 5.73. The van der Waals surface area contributed by atoms with Crippen molar-refractivity contribution in [2.24, 2.45) is 0 Å². The predicted octanol–water partition coefficient (Wildman–Crippen LogP) is -2.58. The molecule has 9 heteroatoms. The summed E-state index contributed by atoms with van der Waals surface area (Å²) in [6.07, 6.45) is 5.25. The van der Waals surface area contributed by atoms with Crippen LogP contribution in [-0.4, -0.2) is 15.0 Å². The topological polar surface area (TPSA) is 127 Å². The zero-order chi connectivity index (χ0) is 16.9. The van der Waals surface area contributed by atoms with Gasteiger partial charge in [0.25, 0.3) is 6.17 Å². The SMILES string of the molecule is CCC(n1nnc2ccccc21)[n+]1ccccc1.[O-][Cl+3]([O-])([O-])[O-]. The Bertz CT molecular complexity index is 739. The van der Waals surface area contributed by atoms with Gasteiger partial charge >= 0.3 is 0 Å². The van der Waals surface area contributed by atoms with Crippen molar-refractivity contribution < 1.29 is 33.4 Å². The summed E-state index contributed by atoms with van der Waals surface area (Å²) in [7, 11) is -4.94. The Morgan fingerprint density at radius 2 is 1.65 bits per heavy atom. The lowest BCUT2D eigenvalue weighted by Gasteiger charge is -2.17. The molecule has 0 aliphatic rings. The van der Waals surface area contributed by atoms with E-state index in [9.17, 15) is 0 Å². The molecule has 0 amide bonds. The van der Waals surface area contributed by atoms with Crippen molar-refractivity contribution in [3.8, 4) is 0 Å². The maximum atomic E-state index is 8.49. The number of fused-ring (bicyclic) bond motifs is 1. The molecule has 0 spiro atoms. The van der Waals surface area contributed by atoms with Gasteiger partial charge in [0.15, 0.2) is 12.4 Å². The third-order valence-corrected chi connectivity index (χ3v) is 3.11. The molecule has 1 unspecified atom stereocenters. The van der Waals surface area contributed by atoms with E-state index in [4.69, 9.17) is 18.6 Å². The fraction of sp³-hybridized carbons (Fsp3) is 0.214. The summed E-state index contributed by atoms with van der Waals surface area (Å²) in [5.74, 6) is 0. The number of rotatable bonds is 3. The van der Waals surface area contributed by atoms with Gasteiger partial charge in [-0.25, -0.2) is 18.6 Å². The molecule has 0 aliphatic carbocycles. The van der Waals surface area contributed by atoms with Crippen LogP contribution in [0.1, 0.15) is 19.5 Å². The molecule has 1 atom stereocenters. The van der Waals surface area contributed by atoms with Gasteiger partial charge in [-0.1, -0.05) is 30.3 Å². The minimum absolute atomic E-state index is 0.165. The summed E-state index contributed by atoms with van der Waals surface area (Å²) < 4.78 is 38.1. The fourth-order valence-corrected chi connectivity index (χ4v) is 2.23. The van der Waals surface area contributed by atoms with Crippen molar-refractivity contribution in [2.45, 2.75) is 19.5 Å². The molecule has 3 rings (SSSR count). The molecule has 0 saturated carbocycles. The Hall–Kier alpha value is -2.10. The molecule has 122 valence electrons. The molecule has 3 aromatic rings. The molecule has 0 fully saturated rings. The third kappa shape index (κ3) is 4.95. The zero-order valence-corrected chi connectivity index (χ0v) is 13.0. The lowest BCUT2D eigenvalue weighted by molar-refractivity contribution is -2.00. The molecular formula is C14H15ClN4O4. The number of nitrogens with zero attached hydrogens (tertiary/aromatic N) is 4. The summed E-state index contributed by atoms with van der Waals surface area (Å²) >= 11 is 0. The van der Waals surface area contributed by atoms with Gasteiger partial charge in [0.05, 0.1) is 5.52 Å². The second-order valence-electron chi connectivity index (χ2n) is 4.61. The molecule has 0 bridgehead atoms. The molecule has 2 heterocycles. The van der Waals surface area contributed by atoms with Crippen molar-refractivity contribution in [3.63, 3.8) is 0 Å². The molecule has 0 aliphatic heterocycles. The van der Waals surface area contributed by atoms with Gasteiger partial charge in [-0.15, -0.1) is 15.3 Å². The van der Waals surface area contributed by atoms with Crippen LogP contribution >= 0.6 is 0 Å². The second-order valence-corrected chi connectivity index (χ2v) is 5.37. The number of aromatic nitrogens is 4. The molecule has 23 heavy (non-hydrogen) atoms. The van der Waals surface area contributed by atoms with E-state index in [1.54, 1.807) is 0 Å².